The number of rotatable bonds is 3. The van der Waals surface area contributed by atoms with Crippen molar-refractivity contribution in [3.05, 3.63) is 54.5 Å². The molecule has 1 aliphatic rings. The summed E-state index contributed by atoms with van der Waals surface area (Å²) in [4.78, 5) is 26.0. The van der Waals surface area contributed by atoms with Gasteiger partial charge < -0.3 is 10.2 Å². The van der Waals surface area contributed by atoms with Gasteiger partial charge in [0.15, 0.2) is 0 Å². The van der Waals surface area contributed by atoms with Crippen LogP contribution >= 0.6 is 0 Å². The van der Waals surface area contributed by atoms with Crippen LogP contribution in [-0.2, 0) is 9.59 Å². The third-order valence-corrected chi connectivity index (χ3v) is 4.35. The van der Waals surface area contributed by atoms with Crippen LogP contribution in [0.15, 0.2) is 48.7 Å². The zero-order valence-corrected chi connectivity index (χ0v) is 13.2. The molecule has 0 spiro atoms. The molecule has 1 aliphatic heterocycles. The smallest absolute Gasteiger partial charge is 0.229 e. The molecule has 1 atom stereocenters. The molecule has 3 aromatic rings. The van der Waals surface area contributed by atoms with Crippen molar-refractivity contribution in [2.75, 3.05) is 16.8 Å². The Balaban J connectivity index is 1.49. The predicted molar refractivity (Wildman–Crippen MR) is 91.6 cm³/mol. The monoisotopic (exact) mass is 338 g/mol. The fourth-order valence-corrected chi connectivity index (χ4v) is 3.05. The van der Waals surface area contributed by atoms with Crippen molar-refractivity contribution in [3.63, 3.8) is 0 Å². The minimum Gasteiger partial charge on any atom is -0.326 e. The highest BCUT2D eigenvalue weighted by molar-refractivity contribution is 6.04. The lowest BCUT2D eigenvalue weighted by molar-refractivity contribution is -0.122. The first-order valence-corrected chi connectivity index (χ1v) is 7.91. The van der Waals surface area contributed by atoms with Gasteiger partial charge in [-0.25, -0.2) is 4.39 Å². The lowest BCUT2D eigenvalue weighted by Gasteiger charge is -2.17. The van der Waals surface area contributed by atoms with E-state index in [2.05, 4.69) is 15.5 Å². The number of amides is 2. The molecule has 1 unspecified atom stereocenters. The van der Waals surface area contributed by atoms with Gasteiger partial charge in [0, 0.05) is 24.0 Å². The van der Waals surface area contributed by atoms with Crippen molar-refractivity contribution in [1.82, 2.24) is 10.2 Å². The maximum atomic E-state index is 13.9. The SMILES string of the molecule is O=C(Nc1ccc2[nH]ncc2c1)C1CC(=O)N(c2ccccc2F)C1. The normalized spacial score (nSPS) is 17.2. The van der Waals surface area contributed by atoms with Gasteiger partial charge in [-0.2, -0.15) is 5.10 Å². The molecule has 25 heavy (non-hydrogen) atoms. The van der Waals surface area contributed by atoms with E-state index >= 15 is 0 Å². The number of halogens is 1. The summed E-state index contributed by atoms with van der Waals surface area (Å²) >= 11 is 0. The summed E-state index contributed by atoms with van der Waals surface area (Å²) in [5, 5.41) is 10.5. The van der Waals surface area contributed by atoms with Crippen molar-refractivity contribution < 1.29 is 14.0 Å². The number of nitrogens with zero attached hydrogens (tertiary/aromatic N) is 2. The highest BCUT2D eigenvalue weighted by Gasteiger charge is 2.36. The average Bonchev–Trinajstić information content (AvgIpc) is 3.21. The largest absolute Gasteiger partial charge is 0.326 e. The van der Waals surface area contributed by atoms with Crippen LogP contribution in [0.5, 0.6) is 0 Å². The summed E-state index contributed by atoms with van der Waals surface area (Å²) in [6.45, 7) is 0.166. The highest BCUT2D eigenvalue weighted by Crippen LogP contribution is 2.28. The summed E-state index contributed by atoms with van der Waals surface area (Å²) in [7, 11) is 0. The van der Waals surface area contributed by atoms with Gasteiger partial charge in [-0.3, -0.25) is 14.7 Å². The standard InChI is InChI=1S/C18H15FN4O2/c19-14-3-1-2-4-16(14)23-10-12(8-17(23)24)18(25)21-13-5-6-15-11(7-13)9-20-22-15/h1-7,9,12H,8,10H2,(H,20,22)(H,21,25). The van der Waals surface area contributed by atoms with Gasteiger partial charge in [-0.15, -0.1) is 0 Å². The average molecular weight is 338 g/mol. The molecule has 0 radical (unpaired) electrons. The van der Waals surface area contributed by atoms with Crippen LogP contribution in [0.3, 0.4) is 0 Å². The van der Waals surface area contributed by atoms with Crippen LogP contribution in [0.4, 0.5) is 15.8 Å². The third kappa shape index (κ3) is 2.84. The molecule has 0 bridgehead atoms. The summed E-state index contributed by atoms with van der Waals surface area (Å²) in [5.74, 6) is -1.50. The van der Waals surface area contributed by atoms with Crippen LogP contribution < -0.4 is 10.2 Å². The topological polar surface area (TPSA) is 78.1 Å². The molecular weight excluding hydrogens is 323 g/mol. The Morgan fingerprint density at radius 3 is 2.96 bits per heavy atom. The lowest BCUT2D eigenvalue weighted by atomic mass is 10.1. The zero-order valence-electron chi connectivity index (χ0n) is 13.2. The van der Waals surface area contributed by atoms with E-state index < -0.39 is 11.7 Å². The summed E-state index contributed by atoms with van der Waals surface area (Å²) < 4.78 is 13.9. The Morgan fingerprint density at radius 2 is 2.12 bits per heavy atom. The number of benzene rings is 2. The van der Waals surface area contributed by atoms with Crippen molar-refractivity contribution in [3.8, 4) is 0 Å². The Morgan fingerprint density at radius 1 is 1.28 bits per heavy atom. The second-order valence-corrected chi connectivity index (χ2v) is 6.02. The number of aromatic amines is 1. The molecule has 0 saturated carbocycles. The van der Waals surface area contributed by atoms with E-state index in [1.165, 1.54) is 11.0 Å². The maximum absolute atomic E-state index is 13.9. The van der Waals surface area contributed by atoms with Gasteiger partial charge in [0.2, 0.25) is 11.8 Å². The van der Waals surface area contributed by atoms with Gasteiger partial charge in [-0.1, -0.05) is 12.1 Å². The molecule has 6 nitrogen and oxygen atoms in total. The Bertz CT molecular complexity index is 968. The molecule has 2 heterocycles. The van der Waals surface area contributed by atoms with Gasteiger partial charge in [0.05, 0.1) is 23.3 Å². The number of carbonyl (C=O) groups excluding carboxylic acids is 2. The minimum atomic E-state index is -0.521. The Kier molecular flexibility index (Phi) is 3.68. The van der Waals surface area contributed by atoms with E-state index in [9.17, 15) is 14.0 Å². The van der Waals surface area contributed by atoms with Crippen molar-refractivity contribution in [1.29, 1.82) is 0 Å². The number of fused-ring (bicyclic) bond motifs is 1. The van der Waals surface area contributed by atoms with E-state index in [4.69, 9.17) is 0 Å². The number of H-pyrrole nitrogens is 1. The number of anilines is 2. The van der Waals surface area contributed by atoms with Crippen molar-refractivity contribution in [2.24, 2.45) is 5.92 Å². The first-order valence-electron chi connectivity index (χ1n) is 7.91. The van der Waals surface area contributed by atoms with E-state index in [0.717, 1.165) is 10.9 Å². The molecule has 1 aromatic heterocycles. The molecule has 0 aliphatic carbocycles. The van der Waals surface area contributed by atoms with Crippen LogP contribution in [0.1, 0.15) is 6.42 Å². The molecular formula is C18H15FN4O2. The van der Waals surface area contributed by atoms with Crippen LogP contribution in [-0.4, -0.2) is 28.6 Å². The van der Waals surface area contributed by atoms with Crippen LogP contribution in [0.2, 0.25) is 0 Å². The molecule has 7 heteroatoms. The number of hydrogen-bond acceptors (Lipinski definition) is 3. The highest BCUT2D eigenvalue weighted by atomic mass is 19.1. The first kappa shape index (κ1) is 15.3. The zero-order chi connectivity index (χ0) is 17.4. The van der Waals surface area contributed by atoms with Gasteiger partial charge in [0.25, 0.3) is 0 Å². The molecule has 2 aromatic carbocycles. The number of carbonyl (C=O) groups is 2. The number of para-hydroxylation sites is 1. The number of hydrogen-bond donors (Lipinski definition) is 2. The van der Waals surface area contributed by atoms with Crippen molar-refractivity contribution in [2.45, 2.75) is 6.42 Å². The fourth-order valence-electron chi connectivity index (χ4n) is 3.05. The molecule has 2 amide bonds. The minimum absolute atomic E-state index is 0.0636. The second kappa shape index (κ2) is 6.01. The Labute approximate surface area is 142 Å². The first-order chi connectivity index (χ1) is 12.1. The number of nitrogens with one attached hydrogen (secondary N) is 2. The Hall–Kier alpha value is -3.22. The predicted octanol–water partition coefficient (Wildman–Crippen LogP) is 2.69. The van der Waals surface area contributed by atoms with E-state index in [1.54, 1.807) is 30.5 Å². The molecule has 1 fully saturated rings. The van der Waals surface area contributed by atoms with E-state index in [1.807, 2.05) is 12.1 Å². The van der Waals surface area contributed by atoms with Crippen LogP contribution in [0, 0.1) is 11.7 Å². The van der Waals surface area contributed by atoms with E-state index in [-0.39, 0.29) is 30.5 Å². The van der Waals surface area contributed by atoms with E-state index in [0.29, 0.717) is 5.69 Å². The van der Waals surface area contributed by atoms with Crippen molar-refractivity contribution >= 4 is 34.1 Å². The molecule has 126 valence electrons. The number of aromatic nitrogens is 2. The van der Waals surface area contributed by atoms with Crippen LogP contribution in [0.25, 0.3) is 10.9 Å². The summed E-state index contributed by atoms with van der Waals surface area (Å²) in [6, 6.07) is 11.5. The second-order valence-electron chi connectivity index (χ2n) is 6.02. The molecule has 4 rings (SSSR count). The maximum Gasteiger partial charge on any atom is 0.229 e. The molecule has 2 N–H and O–H groups in total. The van der Waals surface area contributed by atoms with Gasteiger partial charge in [0.1, 0.15) is 5.82 Å². The van der Waals surface area contributed by atoms with Gasteiger partial charge >= 0.3 is 0 Å². The summed E-state index contributed by atoms with van der Waals surface area (Å²) in [6.07, 6.45) is 1.73. The lowest BCUT2D eigenvalue weighted by Crippen LogP contribution is -2.28. The fraction of sp³-hybridized carbons (Fsp3) is 0.167. The summed E-state index contributed by atoms with van der Waals surface area (Å²) in [5.41, 5.74) is 1.72. The quantitative estimate of drug-likeness (QED) is 0.771. The molecule has 1 saturated heterocycles. The third-order valence-electron chi connectivity index (χ3n) is 4.35. The van der Waals surface area contributed by atoms with Gasteiger partial charge in [-0.05, 0) is 30.3 Å².